The van der Waals surface area contributed by atoms with E-state index >= 15 is 0 Å². The molecule has 6 heteroatoms. The predicted molar refractivity (Wildman–Crippen MR) is 69.9 cm³/mol. The normalized spacial score (nSPS) is 11.7. The maximum Gasteiger partial charge on any atom is 0.573 e. The van der Waals surface area contributed by atoms with Crippen LogP contribution in [0.4, 0.5) is 13.2 Å². The Morgan fingerprint density at radius 3 is 2.45 bits per heavy atom. The molecule has 0 aromatic heterocycles. The summed E-state index contributed by atoms with van der Waals surface area (Å²) in [6, 6.07) is 5.17. The van der Waals surface area contributed by atoms with Crippen LogP contribution < -0.4 is 4.74 Å². The Labute approximate surface area is 116 Å². The van der Waals surface area contributed by atoms with Crippen molar-refractivity contribution >= 4 is 5.78 Å². The number of hydrogen-bond donors (Lipinski definition) is 0. The summed E-state index contributed by atoms with van der Waals surface area (Å²) in [6.07, 6.45) is -4.47. The van der Waals surface area contributed by atoms with Crippen LogP contribution in [0.25, 0.3) is 0 Å². The minimum Gasteiger partial charge on any atom is -0.406 e. The first kappa shape index (κ1) is 16.5. The Kier molecular flexibility index (Phi) is 6.01. The molecule has 20 heavy (non-hydrogen) atoms. The van der Waals surface area contributed by atoms with Gasteiger partial charge < -0.3 is 9.64 Å². The molecule has 0 heterocycles. The lowest BCUT2D eigenvalue weighted by molar-refractivity contribution is -0.274. The molecule has 0 saturated heterocycles. The number of Topliss-reactive ketones (excluding diaryl/α,β-unsaturated/α-hetero) is 1. The summed E-state index contributed by atoms with van der Waals surface area (Å²) in [6.45, 7) is 6.25. The lowest BCUT2D eigenvalue weighted by Gasteiger charge is -2.17. The fourth-order valence-corrected chi connectivity index (χ4v) is 1.81. The average molecular weight is 289 g/mol. The molecule has 1 aromatic rings. The third kappa shape index (κ3) is 5.61. The van der Waals surface area contributed by atoms with Crippen molar-refractivity contribution in [3.05, 3.63) is 29.8 Å². The van der Waals surface area contributed by atoms with Gasteiger partial charge in [0.05, 0.1) is 0 Å². The standard InChI is InChI=1S/C14H18F3NO2/c1-3-18(4-2)9-8-13(19)11-6-5-7-12(10-11)20-14(15,16)17/h5-7,10H,3-4,8-9H2,1-2H3. The zero-order valence-corrected chi connectivity index (χ0v) is 11.5. The highest BCUT2D eigenvalue weighted by atomic mass is 19.4. The summed E-state index contributed by atoms with van der Waals surface area (Å²) in [4.78, 5) is 14.0. The molecule has 0 aliphatic rings. The summed E-state index contributed by atoms with van der Waals surface area (Å²) < 4.78 is 40.1. The van der Waals surface area contributed by atoms with E-state index in [1.54, 1.807) is 0 Å². The fraction of sp³-hybridized carbons (Fsp3) is 0.500. The Bertz CT molecular complexity index is 442. The Hall–Kier alpha value is -1.56. The number of halogens is 3. The van der Waals surface area contributed by atoms with Crippen LogP contribution in [0.15, 0.2) is 24.3 Å². The van der Waals surface area contributed by atoms with E-state index in [1.165, 1.54) is 18.2 Å². The van der Waals surface area contributed by atoms with Gasteiger partial charge in [-0.25, -0.2) is 0 Å². The van der Waals surface area contributed by atoms with Crippen LogP contribution in [-0.2, 0) is 0 Å². The molecule has 0 radical (unpaired) electrons. The van der Waals surface area contributed by atoms with Crippen molar-refractivity contribution in [2.75, 3.05) is 19.6 Å². The van der Waals surface area contributed by atoms with E-state index in [-0.39, 0.29) is 23.5 Å². The minimum absolute atomic E-state index is 0.190. The zero-order valence-electron chi connectivity index (χ0n) is 11.5. The SMILES string of the molecule is CCN(CC)CCC(=O)c1cccc(OC(F)(F)F)c1. The van der Waals surface area contributed by atoms with Gasteiger partial charge in [0.1, 0.15) is 5.75 Å². The van der Waals surface area contributed by atoms with Gasteiger partial charge >= 0.3 is 6.36 Å². The van der Waals surface area contributed by atoms with Crippen LogP contribution in [-0.4, -0.2) is 36.7 Å². The van der Waals surface area contributed by atoms with E-state index in [9.17, 15) is 18.0 Å². The minimum atomic E-state index is -4.75. The zero-order chi connectivity index (χ0) is 15.2. The summed E-state index contributed by atoms with van der Waals surface area (Å²) in [7, 11) is 0. The van der Waals surface area contributed by atoms with Crippen molar-refractivity contribution in [2.45, 2.75) is 26.6 Å². The molecule has 0 aliphatic carbocycles. The number of nitrogens with zero attached hydrogens (tertiary/aromatic N) is 1. The number of carbonyl (C=O) groups excluding carboxylic acids is 1. The molecule has 1 rings (SSSR count). The van der Waals surface area contributed by atoms with Gasteiger partial charge in [0.15, 0.2) is 5.78 Å². The lowest BCUT2D eigenvalue weighted by Crippen LogP contribution is -2.25. The van der Waals surface area contributed by atoms with Crippen molar-refractivity contribution in [1.29, 1.82) is 0 Å². The molecule has 0 saturated carbocycles. The molecule has 0 spiro atoms. The number of ketones is 1. The van der Waals surface area contributed by atoms with E-state index in [2.05, 4.69) is 9.64 Å². The summed E-state index contributed by atoms with van der Waals surface area (Å²) in [5.41, 5.74) is 0.235. The number of rotatable bonds is 7. The Balaban J connectivity index is 2.67. The van der Waals surface area contributed by atoms with Gasteiger partial charge in [-0.1, -0.05) is 26.0 Å². The number of hydrogen-bond acceptors (Lipinski definition) is 3. The van der Waals surface area contributed by atoms with Crippen LogP contribution in [0, 0.1) is 0 Å². The topological polar surface area (TPSA) is 29.5 Å². The predicted octanol–water partition coefficient (Wildman–Crippen LogP) is 3.50. The molecule has 1 aromatic carbocycles. The molecule has 0 aliphatic heterocycles. The Morgan fingerprint density at radius 1 is 1.25 bits per heavy atom. The summed E-state index contributed by atoms with van der Waals surface area (Å²) in [5, 5.41) is 0. The van der Waals surface area contributed by atoms with Gasteiger partial charge in [0.2, 0.25) is 0 Å². The third-order valence-corrected chi connectivity index (χ3v) is 2.94. The van der Waals surface area contributed by atoms with Crippen LogP contribution in [0.5, 0.6) is 5.75 Å². The number of alkyl halides is 3. The van der Waals surface area contributed by atoms with Crippen molar-refractivity contribution in [2.24, 2.45) is 0 Å². The van der Waals surface area contributed by atoms with Crippen molar-refractivity contribution in [3.8, 4) is 5.75 Å². The smallest absolute Gasteiger partial charge is 0.406 e. The molecule has 3 nitrogen and oxygen atoms in total. The molecule has 0 bridgehead atoms. The first-order valence-electron chi connectivity index (χ1n) is 6.47. The molecular weight excluding hydrogens is 271 g/mol. The van der Waals surface area contributed by atoms with E-state index in [0.29, 0.717) is 6.54 Å². The van der Waals surface area contributed by atoms with Crippen molar-refractivity contribution in [1.82, 2.24) is 4.90 Å². The first-order chi connectivity index (χ1) is 9.35. The highest BCUT2D eigenvalue weighted by Gasteiger charge is 2.31. The quantitative estimate of drug-likeness (QED) is 0.719. The highest BCUT2D eigenvalue weighted by molar-refractivity contribution is 5.96. The first-order valence-corrected chi connectivity index (χ1v) is 6.47. The van der Waals surface area contributed by atoms with Crippen LogP contribution in [0.2, 0.25) is 0 Å². The second-order valence-corrected chi connectivity index (χ2v) is 4.28. The largest absolute Gasteiger partial charge is 0.573 e. The monoisotopic (exact) mass is 289 g/mol. The van der Waals surface area contributed by atoms with Gasteiger partial charge in [-0.05, 0) is 25.2 Å². The Morgan fingerprint density at radius 2 is 1.90 bits per heavy atom. The lowest BCUT2D eigenvalue weighted by atomic mass is 10.1. The van der Waals surface area contributed by atoms with E-state index < -0.39 is 6.36 Å². The second-order valence-electron chi connectivity index (χ2n) is 4.28. The molecule has 0 unspecified atom stereocenters. The van der Waals surface area contributed by atoms with Crippen molar-refractivity contribution in [3.63, 3.8) is 0 Å². The number of ether oxygens (including phenoxy) is 1. The molecule has 0 amide bonds. The average Bonchev–Trinajstić information content (AvgIpc) is 2.38. The third-order valence-electron chi connectivity index (χ3n) is 2.94. The van der Waals surface area contributed by atoms with Gasteiger partial charge in [-0.3, -0.25) is 4.79 Å². The van der Waals surface area contributed by atoms with Gasteiger partial charge in [-0.2, -0.15) is 0 Å². The van der Waals surface area contributed by atoms with Gasteiger partial charge in [0.25, 0.3) is 0 Å². The molecule has 0 fully saturated rings. The molecule has 112 valence electrons. The van der Waals surface area contributed by atoms with Crippen LogP contribution in [0.1, 0.15) is 30.6 Å². The van der Waals surface area contributed by atoms with Crippen LogP contribution in [0.3, 0.4) is 0 Å². The second kappa shape index (κ2) is 7.28. The maximum absolute atomic E-state index is 12.1. The van der Waals surface area contributed by atoms with Crippen molar-refractivity contribution < 1.29 is 22.7 Å². The highest BCUT2D eigenvalue weighted by Crippen LogP contribution is 2.23. The van der Waals surface area contributed by atoms with E-state index in [1.807, 2.05) is 13.8 Å². The van der Waals surface area contributed by atoms with Gasteiger partial charge in [0, 0.05) is 18.5 Å². The van der Waals surface area contributed by atoms with E-state index in [4.69, 9.17) is 0 Å². The summed E-state index contributed by atoms with van der Waals surface area (Å²) in [5.74, 6) is -0.560. The maximum atomic E-state index is 12.1. The molecular formula is C14H18F3NO2. The van der Waals surface area contributed by atoms with Crippen LogP contribution >= 0.6 is 0 Å². The van der Waals surface area contributed by atoms with E-state index in [0.717, 1.165) is 19.2 Å². The molecule has 0 atom stereocenters. The molecule has 0 N–H and O–H groups in total. The number of benzene rings is 1. The number of carbonyl (C=O) groups is 1. The fourth-order valence-electron chi connectivity index (χ4n) is 1.81. The summed E-state index contributed by atoms with van der Waals surface area (Å²) >= 11 is 0. The van der Waals surface area contributed by atoms with Gasteiger partial charge in [-0.15, -0.1) is 13.2 Å².